The molecule has 7 nitrogen and oxygen atoms in total. The molecule has 1 saturated heterocycles. The fraction of sp³-hybridized carbons (Fsp3) is 0.263. The largest absolute Gasteiger partial charge is 0.472 e. The Morgan fingerprint density at radius 2 is 2.07 bits per heavy atom. The Balaban J connectivity index is 1.25. The Kier molecular flexibility index (Phi) is 4.54. The number of ether oxygens (including phenoxy) is 1. The van der Waals surface area contributed by atoms with Gasteiger partial charge in [-0.25, -0.2) is 14.5 Å². The van der Waals surface area contributed by atoms with E-state index in [1.165, 1.54) is 17.4 Å². The van der Waals surface area contributed by atoms with E-state index in [1.807, 2.05) is 18.3 Å². The number of hydrogen-bond donors (Lipinski definition) is 0. The molecule has 1 aliphatic rings. The van der Waals surface area contributed by atoms with E-state index in [-0.39, 0.29) is 12.0 Å². The molecule has 1 fully saturated rings. The average Bonchev–Trinajstić information content (AvgIpc) is 3.43. The minimum absolute atomic E-state index is 0.170. The van der Waals surface area contributed by atoms with E-state index >= 15 is 0 Å². The summed E-state index contributed by atoms with van der Waals surface area (Å²) < 4.78 is 45.4. The van der Waals surface area contributed by atoms with Crippen molar-refractivity contribution in [2.75, 3.05) is 18.0 Å². The average molecular weight is 432 g/mol. The van der Waals surface area contributed by atoms with E-state index in [4.69, 9.17) is 4.74 Å². The molecule has 1 aliphatic heterocycles. The smallest absolute Gasteiger partial charge is 0.417 e. The van der Waals surface area contributed by atoms with Crippen molar-refractivity contribution in [3.8, 4) is 17.1 Å². The summed E-state index contributed by atoms with van der Waals surface area (Å²) in [7, 11) is 0. The molecule has 0 N–H and O–H groups in total. The van der Waals surface area contributed by atoms with Gasteiger partial charge < -0.3 is 9.64 Å². The summed E-state index contributed by atoms with van der Waals surface area (Å²) in [5, 5.41) is 5.42. The maximum atomic E-state index is 12.6. The monoisotopic (exact) mass is 432 g/mol. The third-order valence-corrected chi connectivity index (χ3v) is 5.74. The number of halogens is 3. The van der Waals surface area contributed by atoms with Crippen LogP contribution in [-0.2, 0) is 6.18 Å². The maximum Gasteiger partial charge on any atom is 0.417 e. The van der Waals surface area contributed by atoms with Crippen LogP contribution in [0, 0.1) is 0 Å². The Morgan fingerprint density at radius 1 is 1.17 bits per heavy atom. The zero-order valence-corrected chi connectivity index (χ0v) is 16.3. The van der Waals surface area contributed by atoms with Crippen LogP contribution in [-0.4, -0.2) is 43.8 Å². The highest BCUT2D eigenvalue weighted by Gasteiger charge is 2.31. The van der Waals surface area contributed by atoms with E-state index in [9.17, 15) is 13.2 Å². The van der Waals surface area contributed by atoms with Crippen LogP contribution in [0.15, 0.2) is 49.1 Å². The number of aromatic nitrogens is 5. The third-order valence-electron chi connectivity index (χ3n) is 4.76. The Labute approximate surface area is 172 Å². The normalized spacial score (nSPS) is 17.0. The molecule has 1 atom stereocenters. The number of pyridine rings is 2. The van der Waals surface area contributed by atoms with E-state index in [0.29, 0.717) is 6.54 Å². The number of nitrogens with zero attached hydrogens (tertiary/aromatic N) is 6. The Hall–Kier alpha value is -3.21. The number of rotatable bonds is 4. The van der Waals surface area contributed by atoms with Crippen LogP contribution >= 0.6 is 11.3 Å². The molecule has 5 heterocycles. The molecule has 0 bridgehead atoms. The van der Waals surface area contributed by atoms with Crippen molar-refractivity contribution in [1.29, 1.82) is 0 Å². The molecule has 0 aliphatic carbocycles. The lowest BCUT2D eigenvalue weighted by Gasteiger charge is -2.15. The quantitative estimate of drug-likeness (QED) is 0.487. The zero-order chi connectivity index (χ0) is 20.7. The van der Waals surface area contributed by atoms with Gasteiger partial charge in [0, 0.05) is 43.2 Å². The van der Waals surface area contributed by atoms with Crippen molar-refractivity contribution in [1.82, 2.24) is 24.6 Å². The summed E-state index contributed by atoms with van der Waals surface area (Å²) in [6, 6.07) is 6.03. The van der Waals surface area contributed by atoms with Crippen molar-refractivity contribution < 1.29 is 17.9 Å². The van der Waals surface area contributed by atoms with Crippen molar-refractivity contribution >= 4 is 21.4 Å². The molecule has 4 aromatic heterocycles. The first-order valence-electron chi connectivity index (χ1n) is 9.17. The van der Waals surface area contributed by atoms with E-state index in [2.05, 4.69) is 25.0 Å². The molecule has 11 heteroatoms. The van der Waals surface area contributed by atoms with Crippen molar-refractivity contribution in [2.45, 2.75) is 18.7 Å². The Bertz CT molecular complexity index is 1130. The van der Waals surface area contributed by atoms with Gasteiger partial charge in [-0.3, -0.25) is 4.98 Å². The molecule has 0 saturated carbocycles. The van der Waals surface area contributed by atoms with Crippen LogP contribution in [0.1, 0.15) is 12.0 Å². The van der Waals surface area contributed by atoms with Gasteiger partial charge in [0.25, 0.3) is 0 Å². The van der Waals surface area contributed by atoms with Gasteiger partial charge >= 0.3 is 6.18 Å². The summed E-state index contributed by atoms with van der Waals surface area (Å²) in [4.78, 5) is 15.4. The molecular formula is C19H15F3N6OS. The van der Waals surface area contributed by atoms with Crippen molar-refractivity contribution in [3.05, 3.63) is 54.6 Å². The summed E-state index contributed by atoms with van der Waals surface area (Å²) >= 11 is 1.47. The fourth-order valence-corrected chi connectivity index (χ4v) is 4.18. The second kappa shape index (κ2) is 7.24. The Morgan fingerprint density at radius 3 is 2.77 bits per heavy atom. The van der Waals surface area contributed by atoms with Crippen LogP contribution in [0.5, 0.6) is 5.88 Å². The lowest BCUT2D eigenvalue weighted by molar-refractivity contribution is -0.137. The fourth-order valence-electron chi connectivity index (χ4n) is 3.26. The van der Waals surface area contributed by atoms with E-state index in [1.54, 1.807) is 16.9 Å². The topological polar surface area (TPSA) is 68.4 Å². The summed E-state index contributed by atoms with van der Waals surface area (Å²) in [6.45, 7) is 1.31. The van der Waals surface area contributed by atoms with Crippen LogP contribution < -0.4 is 9.64 Å². The van der Waals surface area contributed by atoms with Crippen molar-refractivity contribution in [2.24, 2.45) is 0 Å². The molecule has 4 aromatic rings. The van der Waals surface area contributed by atoms with Crippen LogP contribution in [0.3, 0.4) is 0 Å². The van der Waals surface area contributed by atoms with Crippen LogP contribution in [0.2, 0.25) is 0 Å². The number of imidazole rings is 1. The molecular weight excluding hydrogens is 417 g/mol. The van der Waals surface area contributed by atoms with Crippen LogP contribution in [0.4, 0.5) is 18.3 Å². The van der Waals surface area contributed by atoms with Crippen molar-refractivity contribution in [3.63, 3.8) is 0 Å². The van der Waals surface area contributed by atoms with Gasteiger partial charge in [-0.15, -0.1) is 5.10 Å². The highest BCUT2D eigenvalue weighted by atomic mass is 32.1. The second-order valence-electron chi connectivity index (χ2n) is 6.84. The molecule has 30 heavy (non-hydrogen) atoms. The van der Waals surface area contributed by atoms with Gasteiger partial charge in [0.15, 0.2) is 0 Å². The number of fused-ring (bicyclic) bond motifs is 1. The maximum absolute atomic E-state index is 12.6. The first-order valence-corrected chi connectivity index (χ1v) is 9.99. The number of hydrogen-bond acceptors (Lipinski definition) is 7. The molecule has 154 valence electrons. The lowest BCUT2D eigenvalue weighted by atomic mass is 10.2. The van der Waals surface area contributed by atoms with Gasteiger partial charge in [-0.05, 0) is 18.2 Å². The summed E-state index contributed by atoms with van der Waals surface area (Å²) in [5.74, 6) is 0.185. The van der Waals surface area contributed by atoms with Gasteiger partial charge in [-0.2, -0.15) is 13.2 Å². The lowest BCUT2D eigenvalue weighted by Crippen LogP contribution is -2.24. The minimum Gasteiger partial charge on any atom is -0.472 e. The van der Waals surface area contributed by atoms with Gasteiger partial charge in [0.2, 0.25) is 16.0 Å². The third kappa shape index (κ3) is 3.67. The minimum atomic E-state index is -4.41. The molecule has 0 aromatic carbocycles. The van der Waals surface area contributed by atoms with E-state index in [0.717, 1.165) is 46.6 Å². The highest BCUT2D eigenvalue weighted by molar-refractivity contribution is 7.20. The van der Waals surface area contributed by atoms with Crippen LogP contribution in [0.25, 0.3) is 16.2 Å². The standard InChI is InChI=1S/C19H15F3N6OS/c20-19(21,22)13-3-4-16(24-9-13)29-14-5-7-27(10-14)18-26-28-11-15(25-17(28)30-18)12-2-1-6-23-8-12/h1-4,6,8-9,11,14H,5,7,10H2. The SMILES string of the molecule is FC(F)(F)c1ccc(OC2CCN(c3nn4cc(-c5cccnc5)nc4s3)C2)nc1. The first-order chi connectivity index (χ1) is 14.5. The predicted molar refractivity (Wildman–Crippen MR) is 105 cm³/mol. The zero-order valence-electron chi connectivity index (χ0n) is 15.5. The summed E-state index contributed by atoms with van der Waals surface area (Å²) in [5.41, 5.74) is 0.944. The number of alkyl halides is 3. The van der Waals surface area contributed by atoms with Gasteiger partial charge in [0.1, 0.15) is 6.10 Å². The van der Waals surface area contributed by atoms with Gasteiger partial charge in [-0.1, -0.05) is 11.3 Å². The molecule has 0 radical (unpaired) electrons. The molecule has 0 spiro atoms. The number of anilines is 1. The molecule has 1 unspecified atom stereocenters. The molecule has 0 amide bonds. The van der Waals surface area contributed by atoms with E-state index < -0.39 is 11.7 Å². The predicted octanol–water partition coefficient (Wildman–Crippen LogP) is 3.92. The highest BCUT2D eigenvalue weighted by Crippen LogP contribution is 2.31. The van der Waals surface area contributed by atoms with Gasteiger partial charge in [0.05, 0.1) is 24.0 Å². The second-order valence-corrected chi connectivity index (χ2v) is 7.77. The first kappa shape index (κ1) is 18.8. The molecule has 5 rings (SSSR count). The summed E-state index contributed by atoms with van der Waals surface area (Å²) in [6.07, 6.45) is 2.27.